The fraction of sp³-hybridized carbons (Fsp3) is 0.118. The average Bonchev–Trinajstić information content (AvgIpc) is 2.47. The third-order valence-corrected chi connectivity index (χ3v) is 3.86. The SMILES string of the molecule is CN(C)c1ccc(-c2c(O)c3ccc(Cl)cc3[nH]c2=O)cc1. The fourth-order valence-corrected chi connectivity index (χ4v) is 2.62. The van der Waals surface area contributed by atoms with Crippen LogP contribution < -0.4 is 10.5 Å². The Kier molecular flexibility index (Phi) is 3.54. The van der Waals surface area contributed by atoms with Crippen molar-refractivity contribution in [2.75, 3.05) is 19.0 Å². The van der Waals surface area contributed by atoms with Crippen molar-refractivity contribution in [3.8, 4) is 16.9 Å². The lowest BCUT2D eigenvalue weighted by Crippen LogP contribution is -2.10. The fourth-order valence-electron chi connectivity index (χ4n) is 2.45. The molecule has 0 atom stereocenters. The molecule has 3 rings (SSSR count). The molecule has 0 fully saturated rings. The number of aromatic nitrogens is 1. The zero-order valence-electron chi connectivity index (χ0n) is 12.2. The molecule has 0 spiro atoms. The van der Waals surface area contributed by atoms with Crippen LogP contribution in [0.3, 0.4) is 0 Å². The molecule has 0 aliphatic carbocycles. The number of halogens is 1. The maximum absolute atomic E-state index is 12.3. The molecule has 0 bridgehead atoms. The highest BCUT2D eigenvalue weighted by Crippen LogP contribution is 2.33. The molecule has 2 aromatic carbocycles. The van der Waals surface area contributed by atoms with E-state index in [1.165, 1.54) is 0 Å². The summed E-state index contributed by atoms with van der Waals surface area (Å²) in [6.45, 7) is 0. The molecule has 3 aromatic rings. The summed E-state index contributed by atoms with van der Waals surface area (Å²) in [5, 5.41) is 11.6. The molecule has 2 N–H and O–H groups in total. The molecule has 112 valence electrons. The summed E-state index contributed by atoms with van der Waals surface area (Å²) in [7, 11) is 3.89. The number of rotatable bonds is 2. The van der Waals surface area contributed by atoms with Crippen molar-refractivity contribution < 1.29 is 5.11 Å². The van der Waals surface area contributed by atoms with Crippen molar-refractivity contribution in [1.29, 1.82) is 0 Å². The first kappa shape index (κ1) is 14.5. The summed E-state index contributed by atoms with van der Waals surface area (Å²) in [4.78, 5) is 17.0. The van der Waals surface area contributed by atoms with E-state index in [4.69, 9.17) is 11.6 Å². The van der Waals surface area contributed by atoms with Crippen molar-refractivity contribution in [2.24, 2.45) is 0 Å². The molecule has 1 aromatic heterocycles. The van der Waals surface area contributed by atoms with Gasteiger partial charge in [-0.2, -0.15) is 0 Å². The van der Waals surface area contributed by atoms with Crippen molar-refractivity contribution in [3.05, 3.63) is 57.8 Å². The van der Waals surface area contributed by atoms with E-state index in [9.17, 15) is 9.90 Å². The monoisotopic (exact) mass is 314 g/mol. The number of hydrogen-bond donors (Lipinski definition) is 2. The lowest BCUT2D eigenvalue weighted by Gasteiger charge is -2.13. The summed E-state index contributed by atoms with van der Waals surface area (Å²) in [5.74, 6) is -0.0342. The van der Waals surface area contributed by atoms with E-state index in [-0.39, 0.29) is 16.9 Å². The highest BCUT2D eigenvalue weighted by molar-refractivity contribution is 6.31. The summed E-state index contributed by atoms with van der Waals surface area (Å²) < 4.78 is 0. The van der Waals surface area contributed by atoms with Gasteiger partial charge in [0.25, 0.3) is 5.56 Å². The lowest BCUT2D eigenvalue weighted by atomic mass is 10.0. The van der Waals surface area contributed by atoms with Crippen LogP contribution in [0.5, 0.6) is 5.75 Å². The first-order valence-corrected chi connectivity index (χ1v) is 7.17. The van der Waals surface area contributed by atoms with Gasteiger partial charge in [0.15, 0.2) is 0 Å². The first-order chi connectivity index (χ1) is 10.5. The Morgan fingerprint density at radius 1 is 1.09 bits per heavy atom. The standard InChI is InChI=1S/C17H15ClN2O2/c1-20(2)12-6-3-10(4-7-12)15-16(21)13-8-5-11(18)9-14(13)19-17(15)22/h3-9H,1-2H3,(H2,19,21,22). The average molecular weight is 315 g/mol. The van der Waals surface area contributed by atoms with Gasteiger partial charge in [-0.1, -0.05) is 23.7 Å². The zero-order valence-corrected chi connectivity index (χ0v) is 13.0. The molecule has 5 heteroatoms. The van der Waals surface area contributed by atoms with Gasteiger partial charge in [-0.15, -0.1) is 0 Å². The topological polar surface area (TPSA) is 56.3 Å². The number of aromatic hydroxyl groups is 1. The van der Waals surface area contributed by atoms with Gasteiger partial charge in [-0.3, -0.25) is 4.79 Å². The highest BCUT2D eigenvalue weighted by Gasteiger charge is 2.14. The van der Waals surface area contributed by atoms with E-state index in [0.717, 1.165) is 5.69 Å². The normalized spacial score (nSPS) is 10.9. The van der Waals surface area contributed by atoms with Crippen molar-refractivity contribution in [1.82, 2.24) is 4.98 Å². The van der Waals surface area contributed by atoms with E-state index in [1.807, 2.05) is 43.3 Å². The third kappa shape index (κ3) is 2.42. The molecule has 0 saturated heterocycles. The number of fused-ring (bicyclic) bond motifs is 1. The number of nitrogens with zero attached hydrogens (tertiary/aromatic N) is 1. The van der Waals surface area contributed by atoms with Gasteiger partial charge in [-0.25, -0.2) is 0 Å². The van der Waals surface area contributed by atoms with Crippen LogP contribution in [0.1, 0.15) is 0 Å². The van der Waals surface area contributed by atoms with Gasteiger partial charge in [0, 0.05) is 30.2 Å². The number of pyridine rings is 1. The molecule has 22 heavy (non-hydrogen) atoms. The number of nitrogens with one attached hydrogen (secondary N) is 1. The van der Waals surface area contributed by atoms with Gasteiger partial charge < -0.3 is 15.0 Å². The maximum atomic E-state index is 12.3. The Balaban J connectivity index is 2.22. The number of aromatic amines is 1. The molecule has 0 amide bonds. The number of benzene rings is 2. The Labute approximate surface area is 132 Å². The third-order valence-electron chi connectivity index (χ3n) is 3.62. The Morgan fingerprint density at radius 2 is 1.77 bits per heavy atom. The van der Waals surface area contributed by atoms with Gasteiger partial charge >= 0.3 is 0 Å². The van der Waals surface area contributed by atoms with E-state index in [1.54, 1.807) is 18.2 Å². The first-order valence-electron chi connectivity index (χ1n) is 6.79. The summed E-state index contributed by atoms with van der Waals surface area (Å²) in [6.07, 6.45) is 0. The number of anilines is 1. The van der Waals surface area contributed by atoms with Crippen molar-refractivity contribution >= 4 is 28.2 Å². The molecule has 0 aliphatic rings. The van der Waals surface area contributed by atoms with Crippen LogP contribution >= 0.6 is 11.6 Å². The van der Waals surface area contributed by atoms with E-state index < -0.39 is 0 Å². The molecule has 0 saturated carbocycles. The molecule has 0 aliphatic heterocycles. The predicted molar refractivity (Wildman–Crippen MR) is 91.0 cm³/mol. The van der Waals surface area contributed by atoms with Crippen molar-refractivity contribution in [3.63, 3.8) is 0 Å². The van der Waals surface area contributed by atoms with Crippen LogP contribution in [0.4, 0.5) is 5.69 Å². The van der Waals surface area contributed by atoms with Crippen LogP contribution in [-0.2, 0) is 0 Å². The van der Waals surface area contributed by atoms with Gasteiger partial charge in [0.05, 0.1) is 11.1 Å². The number of H-pyrrole nitrogens is 1. The second-order valence-corrected chi connectivity index (χ2v) is 5.75. The van der Waals surface area contributed by atoms with Crippen LogP contribution in [0, 0.1) is 0 Å². The van der Waals surface area contributed by atoms with E-state index >= 15 is 0 Å². The van der Waals surface area contributed by atoms with E-state index in [2.05, 4.69) is 4.98 Å². The predicted octanol–water partition coefficient (Wildman–Crippen LogP) is 3.62. The van der Waals surface area contributed by atoms with E-state index in [0.29, 0.717) is 21.5 Å². The molecule has 0 radical (unpaired) electrons. The number of hydrogen-bond acceptors (Lipinski definition) is 3. The minimum absolute atomic E-state index is 0.0342. The zero-order chi connectivity index (χ0) is 15.9. The Morgan fingerprint density at radius 3 is 2.41 bits per heavy atom. The molecule has 1 heterocycles. The van der Waals surface area contributed by atoms with Crippen LogP contribution in [0.2, 0.25) is 5.02 Å². The molecule has 4 nitrogen and oxygen atoms in total. The van der Waals surface area contributed by atoms with Crippen LogP contribution in [0.25, 0.3) is 22.0 Å². The smallest absolute Gasteiger partial charge is 0.260 e. The molecular formula is C17H15ClN2O2. The van der Waals surface area contributed by atoms with Gasteiger partial charge in [-0.05, 0) is 35.9 Å². The van der Waals surface area contributed by atoms with Crippen LogP contribution in [-0.4, -0.2) is 24.2 Å². The Bertz CT molecular complexity index is 899. The summed E-state index contributed by atoms with van der Waals surface area (Å²) in [5.41, 5.74) is 2.13. The summed E-state index contributed by atoms with van der Waals surface area (Å²) in [6, 6.07) is 12.4. The molecule has 0 unspecified atom stereocenters. The molecular weight excluding hydrogens is 300 g/mol. The van der Waals surface area contributed by atoms with Gasteiger partial charge in [0.1, 0.15) is 5.75 Å². The largest absolute Gasteiger partial charge is 0.506 e. The minimum atomic E-state index is -0.343. The summed E-state index contributed by atoms with van der Waals surface area (Å²) >= 11 is 5.92. The quantitative estimate of drug-likeness (QED) is 0.759. The lowest BCUT2D eigenvalue weighted by molar-refractivity contribution is 0.482. The van der Waals surface area contributed by atoms with Crippen LogP contribution in [0.15, 0.2) is 47.3 Å². The minimum Gasteiger partial charge on any atom is -0.506 e. The Hall–Kier alpha value is -2.46. The second-order valence-electron chi connectivity index (χ2n) is 5.31. The van der Waals surface area contributed by atoms with Gasteiger partial charge in [0.2, 0.25) is 0 Å². The highest BCUT2D eigenvalue weighted by atomic mass is 35.5. The second kappa shape index (κ2) is 5.39. The van der Waals surface area contributed by atoms with Crippen molar-refractivity contribution in [2.45, 2.75) is 0 Å². The maximum Gasteiger partial charge on any atom is 0.260 e.